The monoisotopic (exact) mass is 310 g/mol. The molecule has 1 N–H and O–H groups in total. The van der Waals surface area contributed by atoms with E-state index in [1.165, 1.54) is 22.6 Å². The van der Waals surface area contributed by atoms with Crippen molar-refractivity contribution in [1.82, 2.24) is 4.98 Å². The van der Waals surface area contributed by atoms with Gasteiger partial charge in [-0.3, -0.25) is 4.98 Å². The molecule has 2 heterocycles. The van der Waals surface area contributed by atoms with Gasteiger partial charge in [-0.25, -0.2) is 0 Å². The van der Waals surface area contributed by atoms with E-state index in [0.29, 0.717) is 11.8 Å². The fourth-order valence-corrected chi connectivity index (χ4v) is 3.99. The van der Waals surface area contributed by atoms with Crippen molar-refractivity contribution in [3.8, 4) is 0 Å². The summed E-state index contributed by atoms with van der Waals surface area (Å²) < 4.78 is 0. The molecule has 22 heavy (non-hydrogen) atoms. The van der Waals surface area contributed by atoms with E-state index in [1.54, 1.807) is 11.8 Å². The lowest BCUT2D eigenvalue weighted by Gasteiger charge is -2.20. The number of fused-ring (bicyclic) bond motifs is 1. The second-order valence-corrected chi connectivity index (χ2v) is 7.09. The quantitative estimate of drug-likeness (QED) is 0.778. The molecule has 0 radical (unpaired) electrons. The third-order valence-corrected chi connectivity index (χ3v) is 5.12. The summed E-state index contributed by atoms with van der Waals surface area (Å²) in [7, 11) is 0. The van der Waals surface area contributed by atoms with Crippen LogP contribution in [0.1, 0.15) is 44.4 Å². The Balaban J connectivity index is 1.83. The van der Waals surface area contributed by atoms with Crippen molar-refractivity contribution in [3.05, 3.63) is 58.9 Å². The van der Waals surface area contributed by atoms with E-state index < -0.39 is 0 Å². The number of hydrogen-bond donors (Lipinski definition) is 1. The summed E-state index contributed by atoms with van der Waals surface area (Å²) in [5, 5.41) is 4.62. The van der Waals surface area contributed by atoms with Gasteiger partial charge in [0.15, 0.2) is 0 Å². The van der Waals surface area contributed by atoms with Crippen LogP contribution in [0.3, 0.4) is 0 Å². The molecule has 114 valence electrons. The highest BCUT2D eigenvalue weighted by Gasteiger charge is 2.20. The molecule has 0 fully saturated rings. The van der Waals surface area contributed by atoms with Crippen LogP contribution in [-0.2, 0) is 0 Å². The van der Waals surface area contributed by atoms with Crippen molar-refractivity contribution >= 4 is 23.5 Å². The molecule has 0 bridgehead atoms. The Morgan fingerprint density at radius 1 is 1.23 bits per heavy atom. The molecular formula is C19H22N2S. The Labute approximate surface area is 137 Å². The molecule has 1 aromatic carbocycles. The average molecular weight is 310 g/mol. The minimum Gasteiger partial charge on any atom is -0.349 e. The van der Waals surface area contributed by atoms with Crippen molar-refractivity contribution in [3.63, 3.8) is 0 Å². The summed E-state index contributed by atoms with van der Waals surface area (Å²) in [5.74, 6) is 1.31. The summed E-state index contributed by atoms with van der Waals surface area (Å²) in [4.78, 5) is 5.68. The lowest BCUT2D eigenvalue weighted by atomic mass is 9.86. The number of nitrogens with zero attached hydrogens (tertiary/aromatic N) is 1. The SMILES string of the molecule is CCC(c1ccc2c(c1)SC(=Cc1ccccn1)N2)C(C)C. The van der Waals surface area contributed by atoms with Crippen molar-refractivity contribution in [2.24, 2.45) is 5.92 Å². The second kappa shape index (κ2) is 6.57. The van der Waals surface area contributed by atoms with Gasteiger partial charge in [-0.15, -0.1) is 0 Å². The van der Waals surface area contributed by atoms with Gasteiger partial charge in [-0.1, -0.05) is 44.7 Å². The van der Waals surface area contributed by atoms with Crippen LogP contribution in [0.15, 0.2) is 52.5 Å². The van der Waals surface area contributed by atoms with Crippen molar-refractivity contribution in [2.75, 3.05) is 5.32 Å². The van der Waals surface area contributed by atoms with Crippen LogP contribution in [-0.4, -0.2) is 4.98 Å². The van der Waals surface area contributed by atoms with Gasteiger partial charge in [-0.2, -0.15) is 0 Å². The number of nitrogens with one attached hydrogen (secondary N) is 1. The standard InChI is InChI=1S/C19H22N2S/c1-4-16(13(2)3)14-8-9-17-18(11-14)22-19(21-17)12-15-7-5-6-10-20-15/h5-13,16,21H,4H2,1-3H3. The Hall–Kier alpha value is -1.74. The molecule has 0 amide bonds. The van der Waals surface area contributed by atoms with Crippen LogP contribution in [0.5, 0.6) is 0 Å². The van der Waals surface area contributed by atoms with Crippen LogP contribution >= 0.6 is 11.8 Å². The molecule has 0 saturated carbocycles. The molecule has 3 heteroatoms. The predicted molar refractivity (Wildman–Crippen MR) is 96.0 cm³/mol. The fourth-order valence-electron chi connectivity index (χ4n) is 2.99. The van der Waals surface area contributed by atoms with E-state index in [0.717, 1.165) is 10.7 Å². The number of anilines is 1. The average Bonchev–Trinajstić information content (AvgIpc) is 2.90. The number of aromatic nitrogens is 1. The molecule has 0 spiro atoms. The Morgan fingerprint density at radius 3 is 2.77 bits per heavy atom. The zero-order valence-corrected chi connectivity index (χ0v) is 14.2. The molecule has 1 aromatic heterocycles. The molecule has 2 aromatic rings. The maximum atomic E-state index is 4.36. The van der Waals surface area contributed by atoms with Crippen LogP contribution in [0.25, 0.3) is 6.08 Å². The molecule has 0 aliphatic carbocycles. The zero-order chi connectivity index (χ0) is 15.5. The van der Waals surface area contributed by atoms with E-state index in [2.05, 4.69) is 55.3 Å². The number of hydrogen-bond acceptors (Lipinski definition) is 3. The number of benzene rings is 1. The first-order chi connectivity index (χ1) is 10.7. The first kappa shape index (κ1) is 15.2. The maximum absolute atomic E-state index is 4.36. The molecule has 1 atom stereocenters. The highest BCUT2D eigenvalue weighted by molar-refractivity contribution is 8.03. The Kier molecular flexibility index (Phi) is 4.53. The van der Waals surface area contributed by atoms with Gasteiger partial charge >= 0.3 is 0 Å². The third-order valence-electron chi connectivity index (χ3n) is 4.12. The number of pyridine rings is 1. The van der Waals surface area contributed by atoms with E-state index in [1.807, 2.05) is 24.4 Å². The summed E-state index contributed by atoms with van der Waals surface area (Å²) in [6, 6.07) is 12.8. The molecule has 2 nitrogen and oxygen atoms in total. The summed E-state index contributed by atoms with van der Waals surface area (Å²) >= 11 is 1.79. The first-order valence-corrected chi connectivity index (χ1v) is 8.70. The molecule has 1 aliphatic rings. The molecule has 1 unspecified atom stereocenters. The summed E-state index contributed by atoms with van der Waals surface area (Å²) in [6.07, 6.45) is 5.11. The lowest BCUT2D eigenvalue weighted by molar-refractivity contribution is 0.485. The topological polar surface area (TPSA) is 24.9 Å². The van der Waals surface area contributed by atoms with Gasteiger partial charge in [0, 0.05) is 11.1 Å². The summed E-state index contributed by atoms with van der Waals surface area (Å²) in [6.45, 7) is 6.88. The van der Waals surface area contributed by atoms with Crippen molar-refractivity contribution < 1.29 is 0 Å². The minimum absolute atomic E-state index is 0.634. The number of thioether (sulfide) groups is 1. The van der Waals surface area contributed by atoms with Crippen molar-refractivity contribution in [2.45, 2.75) is 38.0 Å². The third kappa shape index (κ3) is 3.20. The van der Waals surface area contributed by atoms with E-state index in [-0.39, 0.29) is 0 Å². The van der Waals surface area contributed by atoms with Crippen molar-refractivity contribution in [1.29, 1.82) is 0 Å². The first-order valence-electron chi connectivity index (χ1n) is 7.89. The van der Waals surface area contributed by atoms with E-state index in [9.17, 15) is 0 Å². The Morgan fingerprint density at radius 2 is 2.09 bits per heavy atom. The lowest BCUT2D eigenvalue weighted by Crippen LogP contribution is -2.05. The van der Waals surface area contributed by atoms with Crippen LogP contribution < -0.4 is 5.32 Å². The minimum atomic E-state index is 0.634. The van der Waals surface area contributed by atoms with Gasteiger partial charge in [-0.05, 0) is 54.2 Å². The second-order valence-electron chi connectivity index (χ2n) is 6.00. The van der Waals surface area contributed by atoms with Crippen LogP contribution in [0.2, 0.25) is 0 Å². The van der Waals surface area contributed by atoms with Gasteiger partial charge in [0.2, 0.25) is 0 Å². The molecule has 1 aliphatic heterocycles. The van der Waals surface area contributed by atoms with Gasteiger partial charge in [0.05, 0.1) is 16.4 Å². The zero-order valence-electron chi connectivity index (χ0n) is 13.3. The summed E-state index contributed by atoms with van der Waals surface area (Å²) in [5.41, 5.74) is 3.64. The smallest absolute Gasteiger partial charge is 0.0796 e. The number of rotatable bonds is 4. The predicted octanol–water partition coefficient (Wildman–Crippen LogP) is 5.75. The highest BCUT2D eigenvalue weighted by atomic mass is 32.2. The highest BCUT2D eigenvalue weighted by Crippen LogP contribution is 2.43. The molecule has 0 saturated heterocycles. The fraction of sp³-hybridized carbons (Fsp3) is 0.316. The van der Waals surface area contributed by atoms with Crippen LogP contribution in [0, 0.1) is 5.92 Å². The van der Waals surface area contributed by atoms with E-state index in [4.69, 9.17) is 0 Å². The maximum Gasteiger partial charge on any atom is 0.0796 e. The van der Waals surface area contributed by atoms with Gasteiger partial charge in [0.1, 0.15) is 0 Å². The van der Waals surface area contributed by atoms with E-state index >= 15 is 0 Å². The molecule has 3 rings (SSSR count). The molecular weight excluding hydrogens is 288 g/mol. The van der Waals surface area contributed by atoms with Gasteiger partial charge in [0.25, 0.3) is 0 Å². The Bertz CT molecular complexity index is 677. The largest absolute Gasteiger partial charge is 0.349 e. The van der Waals surface area contributed by atoms with Gasteiger partial charge < -0.3 is 5.32 Å². The normalized spacial score (nSPS) is 16.6. The van der Waals surface area contributed by atoms with Crippen LogP contribution in [0.4, 0.5) is 5.69 Å².